The number of rotatable bonds is 3. The van der Waals surface area contributed by atoms with E-state index in [1.165, 1.54) is 0 Å². The highest BCUT2D eigenvalue weighted by atomic mass is 79.9. The van der Waals surface area contributed by atoms with E-state index in [1.54, 1.807) is 11.3 Å². The second-order valence-electron chi connectivity index (χ2n) is 3.88. The minimum Gasteiger partial charge on any atom is -0.388 e. The second kappa shape index (κ2) is 5.53. The van der Waals surface area contributed by atoms with Gasteiger partial charge >= 0.3 is 0 Å². The zero-order chi connectivity index (χ0) is 12.4. The topological polar surface area (TPSA) is 20.2 Å². The molecule has 1 N–H and O–H groups in total. The normalized spacial score (nSPS) is 12.7. The van der Waals surface area contributed by atoms with Crippen LogP contribution in [0.3, 0.4) is 0 Å². The molecule has 1 heterocycles. The zero-order valence-electron chi connectivity index (χ0n) is 9.28. The number of hydrogen-bond donors (Lipinski definition) is 1. The van der Waals surface area contributed by atoms with Crippen LogP contribution in [0.4, 0.5) is 0 Å². The maximum atomic E-state index is 10.2. The molecule has 1 nitrogen and oxygen atoms in total. The summed E-state index contributed by atoms with van der Waals surface area (Å²) in [6.45, 7) is 1.94. The van der Waals surface area contributed by atoms with Crippen molar-refractivity contribution in [1.29, 1.82) is 0 Å². The Bertz CT molecular complexity index is 524. The zero-order valence-corrected chi connectivity index (χ0v) is 12.4. The van der Waals surface area contributed by atoms with Crippen molar-refractivity contribution in [1.82, 2.24) is 0 Å². The molecule has 0 spiro atoms. The highest BCUT2D eigenvalue weighted by Gasteiger charge is 2.13. The molecule has 0 aliphatic heterocycles. The summed E-state index contributed by atoms with van der Waals surface area (Å²) >= 11 is 11.1. The summed E-state index contributed by atoms with van der Waals surface area (Å²) in [5.41, 5.74) is 1.86. The third kappa shape index (κ3) is 3.10. The van der Waals surface area contributed by atoms with Crippen LogP contribution in [0.2, 0.25) is 5.02 Å². The molecule has 1 aromatic carbocycles. The van der Waals surface area contributed by atoms with E-state index in [1.807, 2.05) is 37.3 Å². The van der Waals surface area contributed by atoms with E-state index in [2.05, 4.69) is 15.9 Å². The van der Waals surface area contributed by atoms with Crippen molar-refractivity contribution >= 4 is 38.9 Å². The molecule has 1 atom stereocenters. The van der Waals surface area contributed by atoms with Gasteiger partial charge in [0.15, 0.2) is 0 Å². The number of thiophene rings is 1. The van der Waals surface area contributed by atoms with Gasteiger partial charge in [-0.1, -0.05) is 23.7 Å². The van der Waals surface area contributed by atoms with E-state index in [-0.39, 0.29) is 0 Å². The van der Waals surface area contributed by atoms with Crippen LogP contribution >= 0.6 is 38.9 Å². The molecule has 0 amide bonds. The fourth-order valence-corrected chi connectivity index (χ4v) is 3.45. The lowest BCUT2D eigenvalue weighted by molar-refractivity contribution is 0.178. The summed E-state index contributed by atoms with van der Waals surface area (Å²) in [5, 5.41) is 10.9. The SMILES string of the molecule is Cc1c(Cl)cccc1C(O)Cc1ccc(Br)s1. The standard InChI is InChI=1S/C13H12BrClOS/c1-8-10(3-2-4-11(8)15)12(16)7-9-5-6-13(14)17-9/h2-6,12,16H,7H2,1H3. The number of hydrogen-bond acceptors (Lipinski definition) is 2. The molecule has 0 bridgehead atoms. The van der Waals surface area contributed by atoms with Gasteiger partial charge in [0.05, 0.1) is 9.89 Å². The lowest BCUT2D eigenvalue weighted by Crippen LogP contribution is -2.03. The molecule has 0 fully saturated rings. The van der Waals surface area contributed by atoms with Gasteiger partial charge in [-0.25, -0.2) is 0 Å². The average molecular weight is 332 g/mol. The molecule has 2 aromatic rings. The molecule has 2 rings (SSSR count). The Morgan fingerprint density at radius 1 is 1.35 bits per heavy atom. The molecule has 0 aliphatic rings. The van der Waals surface area contributed by atoms with Crippen LogP contribution in [0.1, 0.15) is 22.1 Å². The van der Waals surface area contributed by atoms with Crippen LogP contribution in [0, 0.1) is 6.92 Å². The number of halogens is 2. The quantitative estimate of drug-likeness (QED) is 0.860. The highest BCUT2D eigenvalue weighted by Crippen LogP contribution is 2.30. The van der Waals surface area contributed by atoms with Crippen LogP contribution < -0.4 is 0 Å². The summed E-state index contributed by atoms with van der Waals surface area (Å²) in [4.78, 5) is 1.16. The van der Waals surface area contributed by atoms with Crippen LogP contribution in [0.25, 0.3) is 0 Å². The van der Waals surface area contributed by atoms with Gasteiger partial charge in [-0.05, 0) is 52.2 Å². The van der Waals surface area contributed by atoms with Gasteiger partial charge in [-0.15, -0.1) is 11.3 Å². The smallest absolute Gasteiger partial charge is 0.0841 e. The van der Waals surface area contributed by atoms with Gasteiger partial charge in [-0.3, -0.25) is 0 Å². The molecular formula is C13H12BrClOS. The van der Waals surface area contributed by atoms with Gasteiger partial charge in [0.25, 0.3) is 0 Å². The van der Waals surface area contributed by atoms with Gasteiger partial charge < -0.3 is 5.11 Å². The summed E-state index contributed by atoms with van der Waals surface area (Å²) < 4.78 is 1.09. The fourth-order valence-electron chi connectivity index (χ4n) is 1.75. The summed E-state index contributed by atoms with van der Waals surface area (Å²) in [5.74, 6) is 0. The first kappa shape index (κ1) is 13.1. The van der Waals surface area contributed by atoms with Crippen molar-refractivity contribution in [2.75, 3.05) is 0 Å². The molecular weight excluding hydrogens is 320 g/mol. The Morgan fingerprint density at radius 2 is 2.12 bits per heavy atom. The maximum absolute atomic E-state index is 10.2. The predicted octanol–water partition coefficient (Wildman–Crippen LogP) is 4.75. The van der Waals surface area contributed by atoms with E-state index in [4.69, 9.17) is 11.6 Å². The van der Waals surface area contributed by atoms with Crippen LogP contribution in [-0.4, -0.2) is 5.11 Å². The Kier molecular flexibility index (Phi) is 4.26. The number of aliphatic hydroxyl groups is 1. The first-order valence-corrected chi connectivity index (χ1v) is 7.24. The van der Waals surface area contributed by atoms with Crippen molar-refractivity contribution in [2.24, 2.45) is 0 Å². The van der Waals surface area contributed by atoms with Crippen molar-refractivity contribution in [3.05, 3.63) is 55.1 Å². The monoisotopic (exact) mass is 330 g/mol. The van der Waals surface area contributed by atoms with Crippen molar-refractivity contribution in [2.45, 2.75) is 19.4 Å². The summed E-state index contributed by atoms with van der Waals surface area (Å²) in [6.07, 6.45) is 0.122. The Hall–Kier alpha value is -0.350. The predicted molar refractivity (Wildman–Crippen MR) is 76.9 cm³/mol. The van der Waals surface area contributed by atoms with Crippen LogP contribution in [-0.2, 0) is 6.42 Å². The summed E-state index contributed by atoms with van der Waals surface area (Å²) in [7, 11) is 0. The van der Waals surface area contributed by atoms with E-state index < -0.39 is 6.10 Å². The van der Waals surface area contributed by atoms with Crippen molar-refractivity contribution in [3.63, 3.8) is 0 Å². The Labute approximate surface area is 118 Å². The third-order valence-corrected chi connectivity index (χ3v) is 4.75. The molecule has 1 unspecified atom stereocenters. The maximum Gasteiger partial charge on any atom is 0.0841 e. The van der Waals surface area contributed by atoms with E-state index >= 15 is 0 Å². The van der Waals surface area contributed by atoms with Crippen molar-refractivity contribution in [3.8, 4) is 0 Å². The first-order valence-electron chi connectivity index (χ1n) is 5.25. The fraction of sp³-hybridized carbons (Fsp3) is 0.231. The van der Waals surface area contributed by atoms with E-state index in [0.29, 0.717) is 11.4 Å². The lowest BCUT2D eigenvalue weighted by atomic mass is 10.0. The van der Waals surface area contributed by atoms with Crippen molar-refractivity contribution < 1.29 is 5.11 Å². The minimum atomic E-state index is -0.501. The third-order valence-electron chi connectivity index (χ3n) is 2.69. The van der Waals surface area contributed by atoms with Crippen LogP contribution in [0.15, 0.2) is 34.1 Å². The molecule has 4 heteroatoms. The van der Waals surface area contributed by atoms with Crippen LogP contribution in [0.5, 0.6) is 0 Å². The van der Waals surface area contributed by atoms with Gasteiger partial charge in [0.2, 0.25) is 0 Å². The molecule has 90 valence electrons. The van der Waals surface area contributed by atoms with E-state index in [9.17, 15) is 5.11 Å². The van der Waals surface area contributed by atoms with E-state index in [0.717, 1.165) is 19.8 Å². The van der Waals surface area contributed by atoms with Gasteiger partial charge in [0.1, 0.15) is 0 Å². The largest absolute Gasteiger partial charge is 0.388 e. The second-order valence-corrected chi connectivity index (χ2v) is 6.83. The lowest BCUT2D eigenvalue weighted by Gasteiger charge is -2.13. The average Bonchev–Trinajstić information content (AvgIpc) is 2.68. The molecule has 1 aromatic heterocycles. The molecule has 0 radical (unpaired) electrons. The summed E-state index contributed by atoms with van der Waals surface area (Å²) in [6, 6.07) is 9.66. The number of benzene rings is 1. The molecule has 17 heavy (non-hydrogen) atoms. The first-order chi connectivity index (χ1) is 8.08. The van der Waals surface area contributed by atoms with Gasteiger partial charge in [0, 0.05) is 16.3 Å². The number of aliphatic hydroxyl groups excluding tert-OH is 1. The Balaban J connectivity index is 2.20. The highest BCUT2D eigenvalue weighted by molar-refractivity contribution is 9.11. The molecule has 0 saturated heterocycles. The Morgan fingerprint density at radius 3 is 2.76 bits per heavy atom. The van der Waals surface area contributed by atoms with Gasteiger partial charge in [-0.2, -0.15) is 0 Å². The molecule has 0 aliphatic carbocycles. The minimum absolute atomic E-state index is 0.501. The molecule has 0 saturated carbocycles.